The summed E-state index contributed by atoms with van der Waals surface area (Å²) in [5.74, 6) is -5.89. The van der Waals surface area contributed by atoms with E-state index < -0.39 is 65.8 Å². The van der Waals surface area contributed by atoms with Gasteiger partial charge in [-0.05, 0) is 29.4 Å². The van der Waals surface area contributed by atoms with Crippen molar-refractivity contribution in [3.63, 3.8) is 0 Å². The molecule has 3 amide bonds. The first-order valence-electron chi connectivity index (χ1n) is 19.0. The maximum Gasteiger partial charge on any atom is 0.306 e. The van der Waals surface area contributed by atoms with Gasteiger partial charge in [-0.3, -0.25) is 33.6 Å². The molecule has 5 atom stereocenters. The number of likely N-dealkylation sites (tertiary alicyclic amines) is 1. The van der Waals surface area contributed by atoms with E-state index in [1.165, 1.54) is 4.90 Å². The van der Waals surface area contributed by atoms with Crippen LogP contribution in [0.15, 0.2) is 60.7 Å². The molecule has 2 aromatic carbocycles. The van der Waals surface area contributed by atoms with Gasteiger partial charge in [-0.25, -0.2) is 0 Å². The Morgan fingerprint density at radius 3 is 2.07 bits per heavy atom. The fourth-order valence-corrected chi connectivity index (χ4v) is 6.54. The van der Waals surface area contributed by atoms with E-state index in [0.29, 0.717) is 6.42 Å². The van der Waals surface area contributed by atoms with Crippen LogP contribution in [0.25, 0.3) is 0 Å². The van der Waals surface area contributed by atoms with E-state index in [4.69, 9.17) is 15.2 Å². The van der Waals surface area contributed by atoms with Gasteiger partial charge < -0.3 is 25.4 Å². The lowest BCUT2D eigenvalue weighted by Gasteiger charge is -2.30. The minimum atomic E-state index is -0.991. The number of hydrogen-bond donors (Lipinski definition) is 2. The van der Waals surface area contributed by atoms with Crippen molar-refractivity contribution >= 4 is 41.0 Å². The van der Waals surface area contributed by atoms with Crippen molar-refractivity contribution in [3.8, 4) is 0 Å². The largest absolute Gasteiger partial charge is 0.465 e. The maximum absolute atomic E-state index is 14.1. The first kappa shape index (κ1) is 43.7. The Balaban J connectivity index is 1.71. The molecule has 54 heavy (non-hydrogen) atoms. The molecule has 3 rings (SSSR count). The number of carbonyl (C=O) groups is 7. The molecule has 1 aliphatic heterocycles. The molecule has 1 fully saturated rings. The van der Waals surface area contributed by atoms with Crippen LogP contribution < -0.4 is 11.1 Å². The molecule has 0 saturated carbocycles. The molecule has 12 heteroatoms. The number of primary amides is 1. The van der Waals surface area contributed by atoms with Crippen molar-refractivity contribution in [3.05, 3.63) is 71.8 Å². The molecule has 2 aromatic rings. The van der Waals surface area contributed by atoms with Gasteiger partial charge in [0.05, 0.1) is 37.7 Å². The van der Waals surface area contributed by atoms with Crippen LogP contribution in [0.1, 0.15) is 90.7 Å². The molecule has 3 unspecified atom stereocenters. The van der Waals surface area contributed by atoms with E-state index in [0.717, 1.165) is 11.1 Å². The Hall–Kier alpha value is -4.71. The summed E-state index contributed by atoms with van der Waals surface area (Å²) in [4.78, 5) is 93.7. The molecule has 12 nitrogen and oxygen atoms in total. The van der Waals surface area contributed by atoms with Crippen molar-refractivity contribution < 1.29 is 43.0 Å². The highest BCUT2D eigenvalue weighted by Crippen LogP contribution is 2.30. The molecule has 0 spiro atoms. The molecular weight excluding hydrogens is 690 g/mol. The van der Waals surface area contributed by atoms with Crippen molar-refractivity contribution in [2.75, 3.05) is 13.2 Å². The van der Waals surface area contributed by atoms with Gasteiger partial charge in [0.25, 0.3) is 0 Å². The zero-order valence-electron chi connectivity index (χ0n) is 32.3. The number of hydrogen-bond acceptors (Lipinski definition) is 9. The van der Waals surface area contributed by atoms with E-state index in [-0.39, 0.29) is 81.8 Å². The number of benzene rings is 2. The highest BCUT2D eigenvalue weighted by Gasteiger charge is 2.44. The molecular formula is C42H57N3O9. The van der Waals surface area contributed by atoms with Crippen molar-refractivity contribution in [1.82, 2.24) is 10.2 Å². The van der Waals surface area contributed by atoms with Gasteiger partial charge in [-0.2, -0.15) is 0 Å². The number of rotatable bonds is 23. The van der Waals surface area contributed by atoms with Gasteiger partial charge in [-0.15, -0.1) is 0 Å². The lowest BCUT2D eigenvalue weighted by molar-refractivity contribution is -0.152. The van der Waals surface area contributed by atoms with E-state index in [1.54, 1.807) is 24.3 Å². The molecule has 3 N–H and O–H groups in total. The molecule has 1 aliphatic rings. The number of carbonyl (C=O) groups excluding carboxylic acids is 7. The van der Waals surface area contributed by atoms with Gasteiger partial charge in [0.1, 0.15) is 6.04 Å². The standard InChI is InChI=1S/C42H57N3O9/c1-6-13-31(40(50)36(46)18-19-38(48)44-34(41(43)51)20-29-14-9-7-10-15-29)21-37(47)35-22-32(53-26-30-16-11-8-12-17-30)24-45(35)42(52)33(28(4)5)23-39(49)54-25-27(2)3/h7-12,14-17,27-28,31-35H,6,13,18-26H2,1-5H3,(H2,43,51)(H,44,48)/t31?,32-,33?,34?,35+/m1/s1. The van der Waals surface area contributed by atoms with Gasteiger partial charge in [0.2, 0.25) is 23.5 Å². The summed E-state index contributed by atoms with van der Waals surface area (Å²) in [6.07, 6.45) is -0.472. The topological polar surface area (TPSA) is 179 Å². The Morgan fingerprint density at radius 1 is 0.870 bits per heavy atom. The van der Waals surface area contributed by atoms with Crippen LogP contribution in [-0.4, -0.2) is 77.3 Å². The number of nitrogens with zero attached hydrogens (tertiary/aromatic N) is 1. The van der Waals surface area contributed by atoms with Crippen molar-refractivity contribution in [1.29, 1.82) is 0 Å². The fourth-order valence-electron chi connectivity index (χ4n) is 6.54. The summed E-state index contributed by atoms with van der Waals surface area (Å²) in [5, 5.41) is 2.55. The van der Waals surface area contributed by atoms with Crippen molar-refractivity contribution in [2.45, 2.75) is 111 Å². The van der Waals surface area contributed by atoms with E-state index in [1.807, 2.05) is 71.0 Å². The predicted octanol–water partition coefficient (Wildman–Crippen LogP) is 4.54. The second-order valence-corrected chi connectivity index (χ2v) is 14.9. The summed E-state index contributed by atoms with van der Waals surface area (Å²) in [6, 6.07) is 16.6. The maximum atomic E-state index is 14.1. The number of nitrogens with one attached hydrogen (secondary N) is 1. The SMILES string of the molecule is CCCC(CC(=O)[C@@H]1C[C@@H](OCc2ccccc2)CN1C(=O)C(CC(=O)OCC(C)C)C(C)C)C(=O)C(=O)CCC(=O)NC(Cc1ccccc1)C(N)=O. The van der Waals surface area contributed by atoms with Crippen molar-refractivity contribution in [2.24, 2.45) is 29.4 Å². The van der Waals surface area contributed by atoms with Gasteiger partial charge in [0, 0.05) is 44.6 Å². The second-order valence-electron chi connectivity index (χ2n) is 14.9. The summed E-state index contributed by atoms with van der Waals surface area (Å²) < 4.78 is 11.6. The van der Waals surface area contributed by atoms with Gasteiger partial charge >= 0.3 is 5.97 Å². The number of nitrogens with two attached hydrogens (primary N) is 1. The third-order valence-electron chi connectivity index (χ3n) is 9.60. The molecule has 0 radical (unpaired) electrons. The summed E-state index contributed by atoms with van der Waals surface area (Å²) in [6.45, 7) is 9.99. The number of ketones is 3. The molecule has 1 saturated heterocycles. The summed E-state index contributed by atoms with van der Waals surface area (Å²) in [7, 11) is 0. The Bertz CT molecular complexity index is 1580. The molecule has 294 valence electrons. The fraction of sp³-hybridized carbons (Fsp3) is 0.548. The highest BCUT2D eigenvalue weighted by molar-refractivity contribution is 6.38. The van der Waals surface area contributed by atoms with Crippen LogP contribution in [0.2, 0.25) is 0 Å². The zero-order chi connectivity index (χ0) is 39.8. The highest BCUT2D eigenvalue weighted by atomic mass is 16.5. The lowest BCUT2D eigenvalue weighted by Crippen LogP contribution is -2.46. The van der Waals surface area contributed by atoms with Crippen LogP contribution in [0, 0.1) is 23.7 Å². The van der Waals surface area contributed by atoms with Gasteiger partial charge in [0.15, 0.2) is 11.6 Å². The van der Waals surface area contributed by atoms with Crippen LogP contribution in [0.4, 0.5) is 0 Å². The smallest absolute Gasteiger partial charge is 0.306 e. The van der Waals surface area contributed by atoms with Crippen LogP contribution in [0.3, 0.4) is 0 Å². The Labute approximate surface area is 318 Å². The van der Waals surface area contributed by atoms with Gasteiger partial charge in [-0.1, -0.05) is 102 Å². The Kier molecular flexibility index (Phi) is 17.7. The first-order valence-corrected chi connectivity index (χ1v) is 19.0. The average Bonchev–Trinajstić information content (AvgIpc) is 3.58. The predicted molar refractivity (Wildman–Crippen MR) is 202 cm³/mol. The number of ether oxygens (including phenoxy) is 2. The molecule has 1 heterocycles. The third-order valence-corrected chi connectivity index (χ3v) is 9.60. The molecule has 0 aliphatic carbocycles. The quantitative estimate of drug-likeness (QED) is 0.122. The minimum absolute atomic E-state index is 0.128. The number of amides is 3. The number of esters is 1. The molecule has 0 bridgehead atoms. The second kappa shape index (κ2) is 21.9. The molecule has 0 aromatic heterocycles. The van der Waals surface area contributed by atoms with Crippen LogP contribution in [-0.2, 0) is 56.1 Å². The van der Waals surface area contributed by atoms with E-state index in [2.05, 4.69) is 5.32 Å². The monoisotopic (exact) mass is 747 g/mol. The van der Waals surface area contributed by atoms with Crippen LogP contribution in [0.5, 0.6) is 0 Å². The summed E-state index contributed by atoms with van der Waals surface area (Å²) >= 11 is 0. The zero-order valence-corrected chi connectivity index (χ0v) is 32.3. The Morgan fingerprint density at radius 2 is 1.50 bits per heavy atom. The average molecular weight is 748 g/mol. The normalized spacial score (nSPS) is 17.1. The third kappa shape index (κ3) is 13.9. The number of Topliss-reactive ketones (excluding diaryl/α,β-unsaturated/α-hetero) is 3. The van der Waals surface area contributed by atoms with E-state index in [9.17, 15) is 33.6 Å². The lowest BCUT2D eigenvalue weighted by atomic mass is 9.87. The van der Waals surface area contributed by atoms with Crippen LogP contribution >= 0.6 is 0 Å². The first-order chi connectivity index (χ1) is 25.7. The summed E-state index contributed by atoms with van der Waals surface area (Å²) in [5.41, 5.74) is 7.23. The van der Waals surface area contributed by atoms with E-state index >= 15 is 0 Å². The minimum Gasteiger partial charge on any atom is -0.465 e.